The number of hydrogen-bond donors (Lipinski definition) is 1. The lowest BCUT2D eigenvalue weighted by Crippen LogP contribution is -2.03. The van der Waals surface area contributed by atoms with Crippen LogP contribution in [0.3, 0.4) is 0 Å². The van der Waals surface area contributed by atoms with Crippen molar-refractivity contribution < 1.29 is 9.90 Å². The summed E-state index contributed by atoms with van der Waals surface area (Å²) in [6, 6.07) is 0. The number of aliphatic hydroxyl groups excluding tert-OH is 1. The van der Waals surface area contributed by atoms with Crippen molar-refractivity contribution in [2.75, 3.05) is 0 Å². The Bertz CT molecular complexity index is 236. The average Bonchev–Trinajstić information content (AvgIpc) is 2.17. The van der Waals surface area contributed by atoms with E-state index in [2.05, 4.69) is 0 Å². The summed E-state index contributed by atoms with van der Waals surface area (Å²) in [6.07, 6.45) is 3.28. The topological polar surface area (TPSA) is 37.3 Å². The number of carbonyl (C=O) groups is 1. The van der Waals surface area contributed by atoms with Gasteiger partial charge >= 0.3 is 0 Å². The molecular formula is C9H12O2. The van der Waals surface area contributed by atoms with Gasteiger partial charge in [0.05, 0.1) is 6.10 Å². The lowest BCUT2D eigenvalue weighted by atomic mass is 10.1. The van der Waals surface area contributed by atoms with E-state index in [1.165, 1.54) is 0 Å². The Morgan fingerprint density at radius 1 is 1.64 bits per heavy atom. The number of ketones is 1. The predicted molar refractivity (Wildman–Crippen MR) is 43.1 cm³/mol. The molecule has 1 unspecified atom stereocenters. The third-order valence-electron chi connectivity index (χ3n) is 1.94. The van der Waals surface area contributed by atoms with Crippen LogP contribution in [0.5, 0.6) is 0 Å². The lowest BCUT2D eigenvalue weighted by molar-refractivity contribution is -0.115. The molecule has 0 radical (unpaired) electrons. The molecule has 1 N–H and O–H groups in total. The van der Waals surface area contributed by atoms with Gasteiger partial charge in [-0.3, -0.25) is 4.79 Å². The minimum atomic E-state index is -0.548. The molecule has 1 aliphatic rings. The van der Waals surface area contributed by atoms with Gasteiger partial charge < -0.3 is 5.11 Å². The highest BCUT2D eigenvalue weighted by Gasteiger charge is 2.25. The van der Waals surface area contributed by atoms with Crippen molar-refractivity contribution in [3.8, 4) is 0 Å². The van der Waals surface area contributed by atoms with Gasteiger partial charge in [-0.05, 0) is 19.4 Å². The summed E-state index contributed by atoms with van der Waals surface area (Å²) in [5.74, 6) is 0.0492. The molecule has 2 heteroatoms. The summed E-state index contributed by atoms with van der Waals surface area (Å²) >= 11 is 0. The van der Waals surface area contributed by atoms with Gasteiger partial charge in [0.25, 0.3) is 0 Å². The first-order valence-electron chi connectivity index (χ1n) is 3.71. The Kier molecular flexibility index (Phi) is 2.25. The van der Waals surface area contributed by atoms with Crippen molar-refractivity contribution in [2.24, 2.45) is 0 Å². The van der Waals surface area contributed by atoms with E-state index in [9.17, 15) is 9.90 Å². The standard InChI is InChI=1S/C9H12O2/c1-3-4-7-6(2)8(10)5-9(7)11/h3-4,8,10H,5H2,1-2H3. The molecular weight excluding hydrogens is 140 g/mol. The van der Waals surface area contributed by atoms with E-state index in [0.29, 0.717) is 5.57 Å². The van der Waals surface area contributed by atoms with Crippen LogP contribution in [0.15, 0.2) is 23.3 Å². The van der Waals surface area contributed by atoms with E-state index < -0.39 is 6.10 Å². The molecule has 60 valence electrons. The summed E-state index contributed by atoms with van der Waals surface area (Å²) in [6.45, 7) is 3.66. The van der Waals surface area contributed by atoms with E-state index in [1.54, 1.807) is 13.0 Å². The van der Waals surface area contributed by atoms with Crippen molar-refractivity contribution in [3.63, 3.8) is 0 Å². The molecule has 0 aliphatic heterocycles. The molecule has 1 aliphatic carbocycles. The van der Waals surface area contributed by atoms with Gasteiger partial charge in [-0.2, -0.15) is 0 Å². The highest BCUT2D eigenvalue weighted by Crippen LogP contribution is 2.23. The van der Waals surface area contributed by atoms with Crippen LogP contribution in [0, 0.1) is 0 Å². The van der Waals surface area contributed by atoms with Crippen molar-refractivity contribution in [3.05, 3.63) is 23.3 Å². The van der Waals surface area contributed by atoms with Crippen LogP contribution in [0.2, 0.25) is 0 Å². The molecule has 0 saturated heterocycles. The van der Waals surface area contributed by atoms with Gasteiger partial charge in [-0.15, -0.1) is 0 Å². The maximum absolute atomic E-state index is 11.1. The van der Waals surface area contributed by atoms with Gasteiger partial charge in [0.1, 0.15) is 0 Å². The predicted octanol–water partition coefficient (Wildman–Crippen LogP) is 1.21. The molecule has 0 aromatic heterocycles. The number of hydrogen-bond acceptors (Lipinski definition) is 2. The highest BCUT2D eigenvalue weighted by atomic mass is 16.3. The summed E-state index contributed by atoms with van der Waals surface area (Å²) in [7, 11) is 0. The molecule has 0 aromatic carbocycles. The molecule has 2 nitrogen and oxygen atoms in total. The number of rotatable bonds is 1. The second kappa shape index (κ2) is 3.01. The molecule has 1 rings (SSSR count). The molecule has 1 atom stereocenters. The lowest BCUT2D eigenvalue weighted by Gasteiger charge is -1.98. The second-order valence-corrected chi connectivity index (χ2v) is 2.74. The van der Waals surface area contributed by atoms with Gasteiger partial charge in [0.2, 0.25) is 0 Å². The van der Waals surface area contributed by atoms with Gasteiger partial charge in [-0.1, -0.05) is 12.2 Å². The summed E-state index contributed by atoms with van der Waals surface area (Å²) in [4.78, 5) is 11.1. The number of Topliss-reactive ketones (excluding diaryl/α,β-unsaturated/α-hetero) is 1. The minimum absolute atomic E-state index is 0.0492. The Morgan fingerprint density at radius 3 is 2.64 bits per heavy atom. The summed E-state index contributed by atoms with van der Waals surface area (Å²) < 4.78 is 0. The van der Waals surface area contributed by atoms with Gasteiger partial charge in [-0.25, -0.2) is 0 Å². The van der Waals surface area contributed by atoms with E-state index in [4.69, 9.17) is 0 Å². The summed E-state index contributed by atoms with van der Waals surface area (Å²) in [5.41, 5.74) is 1.48. The van der Waals surface area contributed by atoms with E-state index in [-0.39, 0.29) is 12.2 Å². The Morgan fingerprint density at radius 2 is 2.27 bits per heavy atom. The molecule has 0 bridgehead atoms. The zero-order chi connectivity index (χ0) is 8.43. The van der Waals surface area contributed by atoms with Gasteiger partial charge in [0.15, 0.2) is 5.78 Å². The minimum Gasteiger partial charge on any atom is -0.388 e. The van der Waals surface area contributed by atoms with Crippen LogP contribution in [0.1, 0.15) is 20.3 Å². The van der Waals surface area contributed by atoms with Crippen LogP contribution in [0.25, 0.3) is 0 Å². The highest BCUT2D eigenvalue weighted by molar-refractivity contribution is 6.01. The maximum atomic E-state index is 11.1. The Hall–Kier alpha value is -0.890. The largest absolute Gasteiger partial charge is 0.388 e. The molecule has 0 amide bonds. The van der Waals surface area contributed by atoms with Crippen molar-refractivity contribution in [2.45, 2.75) is 26.4 Å². The third-order valence-corrected chi connectivity index (χ3v) is 1.94. The first kappa shape index (κ1) is 8.21. The fourth-order valence-corrected chi connectivity index (χ4v) is 1.23. The molecule has 0 fully saturated rings. The molecule has 0 heterocycles. The average molecular weight is 152 g/mol. The summed E-state index contributed by atoms with van der Waals surface area (Å²) in [5, 5.41) is 9.25. The molecule has 0 spiro atoms. The zero-order valence-corrected chi connectivity index (χ0v) is 6.79. The quantitative estimate of drug-likeness (QED) is 0.613. The molecule has 0 aromatic rings. The van der Waals surface area contributed by atoms with E-state index in [1.807, 2.05) is 13.0 Å². The van der Waals surface area contributed by atoms with Crippen molar-refractivity contribution in [1.29, 1.82) is 0 Å². The SMILES string of the molecule is CC=CC1=C(C)C(O)CC1=O. The van der Waals surface area contributed by atoms with E-state index >= 15 is 0 Å². The van der Waals surface area contributed by atoms with Gasteiger partial charge in [0, 0.05) is 12.0 Å². The number of allylic oxidation sites excluding steroid dienone is 3. The van der Waals surface area contributed by atoms with Crippen LogP contribution < -0.4 is 0 Å². The first-order valence-corrected chi connectivity index (χ1v) is 3.71. The van der Waals surface area contributed by atoms with E-state index in [0.717, 1.165) is 5.57 Å². The van der Waals surface area contributed by atoms with Crippen LogP contribution in [0.4, 0.5) is 0 Å². The van der Waals surface area contributed by atoms with Crippen LogP contribution >= 0.6 is 0 Å². The zero-order valence-electron chi connectivity index (χ0n) is 6.79. The monoisotopic (exact) mass is 152 g/mol. The first-order chi connectivity index (χ1) is 5.16. The smallest absolute Gasteiger partial charge is 0.165 e. The van der Waals surface area contributed by atoms with Crippen LogP contribution in [-0.2, 0) is 4.79 Å². The van der Waals surface area contributed by atoms with Crippen molar-refractivity contribution >= 4 is 5.78 Å². The third kappa shape index (κ3) is 1.40. The Balaban J connectivity index is 2.96. The second-order valence-electron chi connectivity index (χ2n) is 2.74. The normalized spacial score (nSPS) is 25.7. The number of aliphatic hydroxyl groups is 1. The Labute approximate surface area is 66.2 Å². The maximum Gasteiger partial charge on any atom is 0.165 e. The molecule has 11 heavy (non-hydrogen) atoms. The fourth-order valence-electron chi connectivity index (χ4n) is 1.23. The fraction of sp³-hybridized carbons (Fsp3) is 0.444. The van der Waals surface area contributed by atoms with Crippen LogP contribution in [-0.4, -0.2) is 17.0 Å². The molecule has 0 saturated carbocycles. The van der Waals surface area contributed by atoms with Crippen molar-refractivity contribution in [1.82, 2.24) is 0 Å². The number of carbonyl (C=O) groups excluding carboxylic acids is 1.